The summed E-state index contributed by atoms with van der Waals surface area (Å²) in [5.41, 5.74) is 3.70. The van der Waals surface area contributed by atoms with Crippen molar-refractivity contribution in [2.75, 3.05) is 0 Å². The van der Waals surface area contributed by atoms with Crippen LogP contribution in [0.5, 0.6) is 0 Å². The van der Waals surface area contributed by atoms with Crippen LogP contribution in [-0.4, -0.2) is 12.6 Å². The first kappa shape index (κ1) is 18.4. The van der Waals surface area contributed by atoms with Crippen LogP contribution in [0, 0.1) is 0 Å². The number of carbonyl (C=O) groups excluding carboxylic acids is 2. The third-order valence-corrected chi connectivity index (χ3v) is 5.67. The highest BCUT2D eigenvalue weighted by Gasteiger charge is 2.17. The van der Waals surface area contributed by atoms with Crippen LogP contribution in [-0.2, 0) is 6.42 Å². The maximum atomic E-state index is 11.8. The van der Waals surface area contributed by atoms with Gasteiger partial charge in [-0.3, -0.25) is 9.59 Å². The number of hydrogen-bond donors (Lipinski definition) is 0. The predicted octanol–water partition coefficient (Wildman–Crippen LogP) is 6.97. The first-order valence-corrected chi connectivity index (χ1v) is 10.1. The summed E-state index contributed by atoms with van der Waals surface area (Å²) in [6.45, 7) is 4.28. The Balaban J connectivity index is 2.21. The van der Waals surface area contributed by atoms with E-state index in [-0.39, 0.29) is 0 Å². The van der Waals surface area contributed by atoms with Crippen LogP contribution in [0.25, 0.3) is 38.4 Å². The Morgan fingerprint density at radius 2 is 1.32 bits per heavy atom. The molecule has 0 fully saturated rings. The summed E-state index contributed by atoms with van der Waals surface area (Å²) in [5, 5.41) is 6.46. The van der Waals surface area contributed by atoms with Gasteiger partial charge in [0, 0.05) is 11.1 Å². The van der Waals surface area contributed by atoms with E-state index in [2.05, 4.69) is 50.3 Å². The van der Waals surface area contributed by atoms with E-state index in [0.717, 1.165) is 76.3 Å². The molecule has 0 bridgehead atoms. The molecule has 0 aliphatic heterocycles. The van der Waals surface area contributed by atoms with Gasteiger partial charge in [0.2, 0.25) is 0 Å². The van der Waals surface area contributed by atoms with Crippen molar-refractivity contribution in [2.45, 2.75) is 39.5 Å². The molecule has 4 rings (SSSR count). The third-order valence-electron chi connectivity index (χ3n) is 5.67. The third kappa shape index (κ3) is 2.80. The Hall–Kier alpha value is -3.00. The van der Waals surface area contributed by atoms with E-state index in [1.807, 2.05) is 12.1 Å². The van der Waals surface area contributed by atoms with Crippen molar-refractivity contribution in [3.63, 3.8) is 0 Å². The Labute approximate surface area is 165 Å². The summed E-state index contributed by atoms with van der Waals surface area (Å²) in [6, 6.07) is 12.4. The lowest BCUT2D eigenvalue weighted by molar-refractivity contribution is 0.111. The number of hydrogen-bond acceptors (Lipinski definition) is 2. The maximum absolute atomic E-state index is 11.8. The van der Waals surface area contributed by atoms with Gasteiger partial charge < -0.3 is 0 Å². The molecule has 0 unspecified atom stereocenters. The molecule has 0 atom stereocenters. The number of carbonyl (C=O) groups is 2. The van der Waals surface area contributed by atoms with Crippen molar-refractivity contribution in [1.29, 1.82) is 0 Å². The van der Waals surface area contributed by atoms with E-state index in [1.165, 1.54) is 10.9 Å². The fraction of sp³-hybridized carbons (Fsp3) is 0.231. The predicted molar refractivity (Wildman–Crippen MR) is 119 cm³/mol. The van der Waals surface area contributed by atoms with Gasteiger partial charge in [0.25, 0.3) is 0 Å². The highest BCUT2D eigenvalue weighted by Crippen LogP contribution is 2.40. The molecule has 2 heteroatoms. The van der Waals surface area contributed by atoms with Gasteiger partial charge in [0.15, 0.2) is 12.6 Å². The maximum Gasteiger partial charge on any atom is 0.150 e. The molecule has 28 heavy (non-hydrogen) atoms. The summed E-state index contributed by atoms with van der Waals surface area (Å²) in [5.74, 6) is 0. The average molecular weight is 368 g/mol. The van der Waals surface area contributed by atoms with E-state index in [0.29, 0.717) is 5.56 Å². The zero-order chi connectivity index (χ0) is 19.7. The van der Waals surface area contributed by atoms with Crippen molar-refractivity contribution in [2.24, 2.45) is 0 Å². The molecule has 0 N–H and O–H groups in total. The summed E-state index contributed by atoms with van der Waals surface area (Å²) < 4.78 is 0. The molecule has 4 aromatic carbocycles. The van der Waals surface area contributed by atoms with Crippen LogP contribution in [0.1, 0.15) is 65.0 Å². The van der Waals surface area contributed by atoms with E-state index in [4.69, 9.17) is 0 Å². The molecule has 140 valence electrons. The van der Waals surface area contributed by atoms with E-state index in [1.54, 1.807) is 0 Å². The molecule has 0 saturated heterocycles. The lowest BCUT2D eigenvalue weighted by Crippen LogP contribution is -1.97. The highest BCUT2D eigenvalue weighted by molar-refractivity contribution is 6.28. The number of unbranched alkanes of at least 4 members (excludes halogenated alkanes) is 1. The molecule has 0 amide bonds. The van der Waals surface area contributed by atoms with Gasteiger partial charge in [-0.1, -0.05) is 56.7 Å². The second kappa shape index (κ2) is 7.55. The number of aldehydes is 2. The van der Waals surface area contributed by atoms with Crippen molar-refractivity contribution in [3.8, 4) is 0 Å². The van der Waals surface area contributed by atoms with Crippen molar-refractivity contribution < 1.29 is 9.59 Å². The van der Waals surface area contributed by atoms with E-state index >= 15 is 0 Å². The summed E-state index contributed by atoms with van der Waals surface area (Å²) in [4.78, 5) is 23.7. The topological polar surface area (TPSA) is 34.1 Å². The average Bonchev–Trinajstić information content (AvgIpc) is 2.74. The second-order valence-electron chi connectivity index (χ2n) is 7.40. The molecule has 0 aliphatic rings. The van der Waals surface area contributed by atoms with Gasteiger partial charge in [0.1, 0.15) is 0 Å². The first-order valence-electron chi connectivity index (χ1n) is 10.1. The lowest BCUT2D eigenvalue weighted by atomic mass is 9.85. The minimum Gasteiger partial charge on any atom is -0.298 e. The molecule has 0 saturated carbocycles. The molecule has 0 aliphatic carbocycles. The second-order valence-corrected chi connectivity index (χ2v) is 7.40. The molecular formula is C26H24O2. The van der Waals surface area contributed by atoms with Gasteiger partial charge in [-0.2, -0.15) is 0 Å². The molecule has 2 nitrogen and oxygen atoms in total. The Morgan fingerprint density at radius 1 is 0.750 bits per heavy atom. The quantitative estimate of drug-likeness (QED) is 0.261. The zero-order valence-corrected chi connectivity index (χ0v) is 16.4. The largest absolute Gasteiger partial charge is 0.298 e. The molecule has 4 aromatic rings. The van der Waals surface area contributed by atoms with Gasteiger partial charge in [-0.25, -0.2) is 0 Å². The molecule has 0 heterocycles. The highest BCUT2D eigenvalue weighted by atomic mass is 16.1. The lowest BCUT2D eigenvalue weighted by Gasteiger charge is -2.17. The Bertz CT molecular complexity index is 1210. The molecular weight excluding hydrogens is 344 g/mol. The van der Waals surface area contributed by atoms with Crippen LogP contribution in [0.15, 0.2) is 42.5 Å². The molecule has 0 radical (unpaired) electrons. The monoisotopic (exact) mass is 368 g/mol. The number of rotatable bonds is 7. The van der Waals surface area contributed by atoms with Crippen LogP contribution >= 0.6 is 0 Å². The summed E-state index contributed by atoms with van der Waals surface area (Å²) in [6.07, 6.45) is 10.2. The number of benzene rings is 4. The zero-order valence-electron chi connectivity index (χ0n) is 16.4. The fourth-order valence-electron chi connectivity index (χ4n) is 4.30. The van der Waals surface area contributed by atoms with E-state index < -0.39 is 0 Å². The Kier molecular flexibility index (Phi) is 4.95. The van der Waals surface area contributed by atoms with Crippen LogP contribution in [0.4, 0.5) is 0 Å². The van der Waals surface area contributed by atoms with Crippen LogP contribution in [0.3, 0.4) is 0 Å². The standard InChI is InChI=1S/C26H24O2/c1-3-5-7-17-13-19(15-27)23-12-10-22-18(8-6-4-2)14-20(16-28)24-11-9-21(17)25(23)26(22)24/h5,7,9-16H,3-4,6,8H2,1-2H3/b7-5+. The van der Waals surface area contributed by atoms with Crippen molar-refractivity contribution in [1.82, 2.24) is 0 Å². The minimum atomic E-state index is 0.698. The smallest absolute Gasteiger partial charge is 0.150 e. The van der Waals surface area contributed by atoms with Crippen LogP contribution < -0.4 is 0 Å². The van der Waals surface area contributed by atoms with E-state index in [9.17, 15) is 9.59 Å². The summed E-state index contributed by atoms with van der Waals surface area (Å²) >= 11 is 0. The van der Waals surface area contributed by atoms with Gasteiger partial charge in [0.05, 0.1) is 0 Å². The summed E-state index contributed by atoms with van der Waals surface area (Å²) in [7, 11) is 0. The van der Waals surface area contributed by atoms with Crippen molar-refractivity contribution >= 4 is 51.0 Å². The number of aryl methyl sites for hydroxylation is 1. The van der Waals surface area contributed by atoms with Gasteiger partial charge in [-0.05, 0) is 74.8 Å². The molecule has 0 spiro atoms. The molecule has 0 aromatic heterocycles. The Morgan fingerprint density at radius 3 is 1.93 bits per heavy atom. The van der Waals surface area contributed by atoms with Gasteiger partial charge in [-0.15, -0.1) is 0 Å². The SMILES string of the molecule is CC/C=C/c1cc(C=O)c2ccc3c(CCCC)cc(C=O)c4ccc1c2c43. The normalized spacial score (nSPS) is 11.9. The van der Waals surface area contributed by atoms with Crippen molar-refractivity contribution in [3.05, 3.63) is 64.7 Å². The van der Waals surface area contributed by atoms with Crippen LogP contribution in [0.2, 0.25) is 0 Å². The minimum absolute atomic E-state index is 0.698. The first-order chi connectivity index (χ1) is 13.7. The fourth-order valence-corrected chi connectivity index (χ4v) is 4.30. The number of allylic oxidation sites excluding steroid dienone is 1. The van der Waals surface area contributed by atoms with Gasteiger partial charge >= 0.3 is 0 Å².